The second-order valence-electron chi connectivity index (χ2n) is 3.90. The Bertz CT molecular complexity index is 207. The maximum absolute atomic E-state index is 10.6. The summed E-state index contributed by atoms with van der Waals surface area (Å²) in [7, 11) is 0. The van der Waals surface area contributed by atoms with Gasteiger partial charge in [0.1, 0.15) is 0 Å². The maximum Gasteiger partial charge on any atom is 0.302 e. The van der Waals surface area contributed by atoms with Crippen LogP contribution in [0.1, 0.15) is 39.0 Å². The smallest absolute Gasteiger partial charge is 0.302 e. The van der Waals surface area contributed by atoms with Crippen LogP contribution in [0.3, 0.4) is 0 Å². The first-order valence-electron chi connectivity index (χ1n) is 6.12. The molecule has 0 amide bonds. The number of alkyl halides is 1. The predicted molar refractivity (Wildman–Crippen MR) is 73.4 cm³/mol. The number of carbonyl (C=O) groups is 1. The first-order valence-corrected chi connectivity index (χ1v) is 7.24. The molecule has 100 valence electrons. The van der Waals surface area contributed by atoms with Gasteiger partial charge in [0, 0.05) is 18.9 Å². The maximum atomic E-state index is 10.6. The van der Waals surface area contributed by atoms with Crippen LogP contribution in [0.25, 0.3) is 0 Å². The van der Waals surface area contributed by atoms with Crippen molar-refractivity contribution in [3.8, 4) is 0 Å². The van der Waals surface area contributed by atoms with E-state index in [0.717, 1.165) is 44.0 Å². The van der Waals surface area contributed by atoms with E-state index in [1.807, 2.05) is 6.08 Å². The van der Waals surface area contributed by atoms with Crippen molar-refractivity contribution in [3.63, 3.8) is 0 Å². The Hall–Kier alpha value is -0.350. The standard InChI is InChI=1S/C13H23BrO3/c1-3-7-13(17-11-6-9-14)8-4-5-10-16-12(2)15/h3,13H,1,4-11H2,2H3. The van der Waals surface area contributed by atoms with E-state index < -0.39 is 0 Å². The van der Waals surface area contributed by atoms with Crippen molar-refractivity contribution in [3.05, 3.63) is 12.7 Å². The fourth-order valence-electron chi connectivity index (χ4n) is 1.45. The lowest BCUT2D eigenvalue weighted by Gasteiger charge is -2.15. The lowest BCUT2D eigenvalue weighted by molar-refractivity contribution is -0.141. The van der Waals surface area contributed by atoms with Crippen LogP contribution < -0.4 is 0 Å². The summed E-state index contributed by atoms with van der Waals surface area (Å²) in [6, 6.07) is 0. The van der Waals surface area contributed by atoms with Gasteiger partial charge in [0.25, 0.3) is 0 Å². The summed E-state index contributed by atoms with van der Waals surface area (Å²) in [5.74, 6) is -0.207. The van der Waals surface area contributed by atoms with Crippen molar-refractivity contribution in [2.75, 3.05) is 18.5 Å². The highest BCUT2D eigenvalue weighted by atomic mass is 79.9. The van der Waals surface area contributed by atoms with Crippen LogP contribution >= 0.6 is 15.9 Å². The van der Waals surface area contributed by atoms with Crippen LogP contribution in [0.2, 0.25) is 0 Å². The molecular formula is C13H23BrO3. The minimum Gasteiger partial charge on any atom is -0.466 e. The molecule has 4 heteroatoms. The Labute approximate surface area is 113 Å². The molecule has 0 rings (SSSR count). The summed E-state index contributed by atoms with van der Waals surface area (Å²) < 4.78 is 10.6. The van der Waals surface area contributed by atoms with E-state index in [-0.39, 0.29) is 12.1 Å². The molecule has 0 N–H and O–H groups in total. The lowest BCUT2D eigenvalue weighted by atomic mass is 10.1. The monoisotopic (exact) mass is 306 g/mol. The molecule has 0 heterocycles. The second-order valence-corrected chi connectivity index (χ2v) is 4.69. The zero-order chi connectivity index (χ0) is 12.9. The molecule has 0 aliphatic heterocycles. The molecule has 1 unspecified atom stereocenters. The molecule has 0 aliphatic rings. The molecular weight excluding hydrogens is 284 g/mol. The molecule has 0 saturated heterocycles. The minimum absolute atomic E-state index is 0.207. The number of unbranched alkanes of at least 4 members (excludes halogenated alkanes) is 1. The molecule has 0 fully saturated rings. The van der Waals surface area contributed by atoms with Crippen molar-refractivity contribution in [2.24, 2.45) is 0 Å². The number of rotatable bonds is 11. The number of ether oxygens (including phenoxy) is 2. The molecule has 0 aromatic carbocycles. The van der Waals surface area contributed by atoms with Gasteiger partial charge in [-0.1, -0.05) is 22.0 Å². The van der Waals surface area contributed by atoms with Crippen molar-refractivity contribution in [1.82, 2.24) is 0 Å². The first kappa shape index (κ1) is 16.6. The molecule has 0 spiro atoms. The van der Waals surface area contributed by atoms with E-state index in [1.54, 1.807) is 0 Å². The number of hydrogen-bond acceptors (Lipinski definition) is 3. The molecule has 17 heavy (non-hydrogen) atoms. The highest BCUT2D eigenvalue weighted by Crippen LogP contribution is 2.10. The summed E-state index contributed by atoms with van der Waals surface area (Å²) >= 11 is 3.38. The van der Waals surface area contributed by atoms with Crippen molar-refractivity contribution in [2.45, 2.75) is 45.1 Å². The Morgan fingerprint density at radius 3 is 2.71 bits per heavy atom. The predicted octanol–water partition coefficient (Wildman–Crippen LogP) is 3.47. The third-order valence-electron chi connectivity index (χ3n) is 2.29. The summed E-state index contributed by atoms with van der Waals surface area (Å²) in [5.41, 5.74) is 0. The van der Waals surface area contributed by atoms with Gasteiger partial charge in [0.05, 0.1) is 12.7 Å². The summed E-state index contributed by atoms with van der Waals surface area (Å²) in [6.07, 6.45) is 6.97. The van der Waals surface area contributed by atoms with E-state index >= 15 is 0 Å². The minimum atomic E-state index is -0.207. The van der Waals surface area contributed by atoms with Gasteiger partial charge in [-0.3, -0.25) is 4.79 Å². The van der Waals surface area contributed by atoms with Crippen molar-refractivity contribution >= 4 is 21.9 Å². The number of hydrogen-bond donors (Lipinski definition) is 0. The largest absolute Gasteiger partial charge is 0.466 e. The highest BCUT2D eigenvalue weighted by molar-refractivity contribution is 9.09. The van der Waals surface area contributed by atoms with Crippen LogP contribution in [-0.4, -0.2) is 30.6 Å². The van der Waals surface area contributed by atoms with Gasteiger partial charge in [-0.15, -0.1) is 6.58 Å². The summed E-state index contributed by atoms with van der Waals surface area (Å²) in [6.45, 7) is 6.47. The molecule has 0 saturated carbocycles. The van der Waals surface area contributed by atoms with E-state index in [0.29, 0.717) is 6.61 Å². The third kappa shape index (κ3) is 11.9. The first-order chi connectivity index (χ1) is 8.20. The average Bonchev–Trinajstić information content (AvgIpc) is 2.28. The zero-order valence-electron chi connectivity index (χ0n) is 10.6. The third-order valence-corrected chi connectivity index (χ3v) is 2.85. The molecule has 0 aliphatic carbocycles. The number of carbonyl (C=O) groups excluding carboxylic acids is 1. The van der Waals surface area contributed by atoms with E-state index in [2.05, 4.69) is 22.5 Å². The van der Waals surface area contributed by atoms with Gasteiger partial charge in [-0.25, -0.2) is 0 Å². The van der Waals surface area contributed by atoms with E-state index in [1.165, 1.54) is 6.92 Å². The Morgan fingerprint density at radius 1 is 1.35 bits per heavy atom. The summed E-state index contributed by atoms with van der Waals surface area (Å²) in [5, 5.41) is 0.972. The van der Waals surface area contributed by atoms with Crippen LogP contribution in [0, 0.1) is 0 Å². The van der Waals surface area contributed by atoms with Gasteiger partial charge < -0.3 is 9.47 Å². The molecule has 0 bridgehead atoms. The van der Waals surface area contributed by atoms with E-state index in [4.69, 9.17) is 9.47 Å². The van der Waals surface area contributed by atoms with Crippen LogP contribution in [-0.2, 0) is 14.3 Å². The number of esters is 1. The molecule has 0 aromatic rings. The van der Waals surface area contributed by atoms with Crippen molar-refractivity contribution < 1.29 is 14.3 Å². The van der Waals surface area contributed by atoms with Gasteiger partial charge in [-0.2, -0.15) is 0 Å². The zero-order valence-corrected chi connectivity index (χ0v) is 12.2. The lowest BCUT2D eigenvalue weighted by Crippen LogP contribution is -2.13. The Kier molecular flexibility index (Phi) is 11.9. The summed E-state index contributed by atoms with van der Waals surface area (Å²) in [4.78, 5) is 10.6. The SMILES string of the molecule is C=CCC(CCCCOC(C)=O)OCCCBr. The van der Waals surface area contributed by atoms with Gasteiger partial charge in [-0.05, 0) is 32.1 Å². The normalized spacial score (nSPS) is 12.1. The molecule has 3 nitrogen and oxygen atoms in total. The fraction of sp³-hybridized carbons (Fsp3) is 0.769. The topological polar surface area (TPSA) is 35.5 Å². The van der Waals surface area contributed by atoms with Crippen LogP contribution in [0.15, 0.2) is 12.7 Å². The average molecular weight is 307 g/mol. The second kappa shape index (κ2) is 12.1. The molecule has 0 radical (unpaired) electrons. The van der Waals surface area contributed by atoms with Crippen LogP contribution in [0.5, 0.6) is 0 Å². The van der Waals surface area contributed by atoms with Gasteiger partial charge in [0.2, 0.25) is 0 Å². The quantitative estimate of drug-likeness (QED) is 0.254. The van der Waals surface area contributed by atoms with Gasteiger partial charge >= 0.3 is 5.97 Å². The van der Waals surface area contributed by atoms with Crippen LogP contribution in [0.4, 0.5) is 0 Å². The Morgan fingerprint density at radius 2 is 2.12 bits per heavy atom. The highest BCUT2D eigenvalue weighted by Gasteiger charge is 2.06. The number of halogens is 1. The Balaban J connectivity index is 3.54. The molecule has 0 aromatic heterocycles. The molecule has 1 atom stereocenters. The van der Waals surface area contributed by atoms with Crippen molar-refractivity contribution in [1.29, 1.82) is 0 Å². The fourth-order valence-corrected chi connectivity index (χ4v) is 1.68. The van der Waals surface area contributed by atoms with Gasteiger partial charge in [0.15, 0.2) is 0 Å². The van der Waals surface area contributed by atoms with E-state index in [9.17, 15) is 4.79 Å².